The van der Waals surface area contributed by atoms with E-state index >= 15 is 0 Å². The van der Waals surface area contributed by atoms with Crippen molar-refractivity contribution in [1.82, 2.24) is 0 Å². The lowest BCUT2D eigenvalue weighted by Gasteiger charge is -2.06. The van der Waals surface area contributed by atoms with Gasteiger partial charge < -0.3 is 15.6 Å². The maximum Gasteiger partial charge on any atom is 0.338 e. The molecule has 29 heavy (non-hydrogen) atoms. The van der Waals surface area contributed by atoms with Gasteiger partial charge in [-0.05, 0) is 24.6 Å². The SMILES string of the molecule is CCCCCCCCCCCCCCCCCCOC(=O)c1ccc(O)c(N)c1. The van der Waals surface area contributed by atoms with E-state index in [0.717, 1.165) is 12.8 Å². The molecule has 4 heteroatoms. The van der Waals surface area contributed by atoms with Gasteiger partial charge in [-0.2, -0.15) is 0 Å². The van der Waals surface area contributed by atoms with E-state index in [2.05, 4.69) is 6.92 Å². The van der Waals surface area contributed by atoms with Crippen molar-refractivity contribution in [2.24, 2.45) is 0 Å². The van der Waals surface area contributed by atoms with E-state index in [9.17, 15) is 9.90 Å². The first-order chi connectivity index (χ1) is 14.1. The molecule has 0 fully saturated rings. The maximum atomic E-state index is 11.9. The lowest BCUT2D eigenvalue weighted by molar-refractivity contribution is 0.0497. The van der Waals surface area contributed by atoms with Gasteiger partial charge in [-0.25, -0.2) is 4.79 Å². The van der Waals surface area contributed by atoms with Crippen LogP contribution in [-0.2, 0) is 4.74 Å². The number of nitrogen functional groups attached to an aromatic ring is 1. The van der Waals surface area contributed by atoms with Crippen LogP contribution in [0.1, 0.15) is 120 Å². The standard InChI is InChI=1S/C25H43NO3/c1-2-3-4-5-6-7-8-9-10-11-12-13-14-15-16-17-20-29-25(28)22-18-19-24(27)23(26)21-22/h18-19,21,27H,2-17,20,26H2,1H3. The monoisotopic (exact) mass is 405 g/mol. The van der Waals surface area contributed by atoms with Gasteiger partial charge in [0.15, 0.2) is 0 Å². The van der Waals surface area contributed by atoms with Crippen LogP contribution in [0.3, 0.4) is 0 Å². The molecule has 0 aliphatic heterocycles. The quantitative estimate of drug-likeness (QED) is 0.115. The highest BCUT2D eigenvalue weighted by Gasteiger charge is 2.08. The minimum Gasteiger partial charge on any atom is -0.506 e. The lowest BCUT2D eigenvalue weighted by atomic mass is 10.0. The number of hydrogen-bond donors (Lipinski definition) is 2. The Hall–Kier alpha value is -1.71. The van der Waals surface area contributed by atoms with Crippen LogP contribution < -0.4 is 5.73 Å². The Morgan fingerprint density at radius 2 is 1.24 bits per heavy atom. The molecule has 0 saturated heterocycles. The average Bonchev–Trinajstić information content (AvgIpc) is 2.72. The Morgan fingerprint density at radius 1 is 0.793 bits per heavy atom. The normalized spacial score (nSPS) is 10.9. The van der Waals surface area contributed by atoms with Gasteiger partial charge in [0.05, 0.1) is 17.9 Å². The van der Waals surface area contributed by atoms with Gasteiger partial charge in [0, 0.05) is 0 Å². The van der Waals surface area contributed by atoms with Crippen LogP contribution in [0, 0.1) is 0 Å². The van der Waals surface area contributed by atoms with E-state index in [1.807, 2.05) is 0 Å². The molecule has 0 saturated carbocycles. The number of phenols is 1. The number of aromatic hydroxyl groups is 1. The van der Waals surface area contributed by atoms with Gasteiger partial charge in [0.1, 0.15) is 5.75 Å². The van der Waals surface area contributed by atoms with E-state index in [1.165, 1.54) is 108 Å². The van der Waals surface area contributed by atoms with Crippen LogP contribution in [0.25, 0.3) is 0 Å². The zero-order valence-electron chi connectivity index (χ0n) is 18.6. The van der Waals surface area contributed by atoms with Crippen molar-refractivity contribution in [3.63, 3.8) is 0 Å². The zero-order valence-corrected chi connectivity index (χ0v) is 18.6. The average molecular weight is 406 g/mol. The van der Waals surface area contributed by atoms with Gasteiger partial charge in [-0.15, -0.1) is 0 Å². The summed E-state index contributed by atoms with van der Waals surface area (Å²) in [5, 5.41) is 9.38. The summed E-state index contributed by atoms with van der Waals surface area (Å²) < 4.78 is 5.27. The number of unbranched alkanes of at least 4 members (excludes halogenated alkanes) is 15. The highest BCUT2D eigenvalue weighted by Crippen LogP contribution is 2.21. The number of esters is 1. The molecule has 0 amide bonds. The smallest absolute Gasteiger partial charge is 0.338 e. The van der Waals surface area contributed by atoms with Crippen molar-refractivity contribution in [3.05, 3.63) is 23.8 Å². The van der Waals surface area contributed by atoms with E-state index in [4.69, 9.17) is 10.5 Å². The number of nitrogens with two attached hydrogens (primary N) is 1. The Morgan fingerprint density at radius 3 is 1.69 bits per heavy atom. The fourth-order valence-corrected chi connectivity index (χ4v) is 3.58. The van der Waals surface area contributed by atoms with Crippen LogP contribution >= 0.6 is 0 Å². The molecule has 1 rings (SSSR count). The zero-order chi connectivity index (χ0) is 21.2. The van der Waals surface area contributed by atoms with E-state index in [-0.39, 0.29) is 17.4 Å². The van der Waals surface area contributed by atoms with Crippen molar-refractivity contribution in [3.8, 4) is 5.75 Å². The number of phenolic OH excluding ortho intramolecular Hbond substituents is 1. The second-order valence-corrected chi connectivity index (χ2v) is 8.21. The third kappa shape index (κ3) is 13.2. The summed E-state index contributed by atoms with van der Waals surface area (Å²) in [5.41, 5.74) is 6.18. The van der Waals surface area contributed by atoms with Crippen molar-refractivity contribution in [2.45, 2.75) is 110 Å². The molecule has 0 atom stereocenters. The van der Waals surface area contributed by atoms with Gasteiger partial charge in [-0.1, -0.05) is 103 Å². The van der Waals surface area contributed by atoms with Crippen molar-refractivity contribution < 1.29 is 14.6 Å². The van der Waals surface area contributed by atoms with Gasteiger partial charge in [0.2, 0.25) is 0 Å². The molecule has 0 bridgehead atoms. The van der Waals surface area contributed by atoms with Gasteiger partial charge >= 0.3 is 5.97 Å². The minimum atomic E-state index is -0.377. The summed E-state index contributed by atoms with van der Waals surface area (Å²) >= 11 is 0. The molecular weight excluding hydrogens is 362 g/mol. The number of rotatable bonds is 18. The topological polar surface area (TPSA) is 72.5 Å². The molecule has 0 aromatic heterocycles. The van der Waals surface area contributed by atoms with Crippen molar-refractivity contribution >= 4 is 11.7 Å². The highest BCUT2D eigenvalue weighted by molar-refractivity contribution is 5.90. The molecule has 0 unspecified atom stereocenters. The highest BCUT2D eigenvalue weighted by atomic mass is 16.5. The summed E-state index contributed by atoms with van der Waals surface area (Å²) in [6.07, 6.45) is 21.2. The summed E-state index contributed by atoms with van der Waals surface area (Å²) in [4.78, 5) is 11.9. The largest absolute Gasteiger partial charge is 0.506 e. The molecule has 1 aromatic rings. The van der Waals surface area contributed by atoms with E-state index < -0.39 is 0 Å². The maximum absolute atomic E-state index is 11.9. The summed E-state index contributed by atoms with van der Waals surface area (Å²) in [7, 11) is 0. The van der Waals surface area contributed by atoms with Crippen LogP contribution in [0.4, 0.5) is 5.69 Å². The third-order valence-electron chi connectivity index (χ3n) is 5.49. The Bertz CT molecular complexity index is 545. The van der Waals surface area contributed by atoms with Crippen molar-refractivity contribution in [2.75, 3.05) is 12.3 Å². The number of ether oxygens (including phenoxy) is 1. The number of carbonyl (C=O) groups is 1. The second kappa shape index (κ2) is 17.2. The molecule has 0 aliphatic carbocycles. The number of benzene rings is 1. The Balaban J connectivity index is 1.83. The summed E-state index contributed by atoms with van der Waals surface area (Å²) in [6.45, 7) is 2.72. The number of carbonyl (C=O) groups excluding carboxylic acids is 1. The Kier molecular flexibility index (Phi) is 15.0. The first-order valence-electron chi connectivity index (χ1n) is 11.9. The van der Waals surface area contributed by atoms with E-state index in [0.29, 0.717) is 12.2 Å². The summed E-state index contributed by atoms with van der Waals surface area (Å²) in [6, 6.07) is 4.40. The van der Waals surface area contributed by atoms with Crippen LogP contribution in [0.2, 0.25) is 0 Å². The second-order valence-electron chi connectivity index (χ2n) is 8.21. The molecular formula is C25H43NO3. The first kappa shape index (κ1) is 25.3. The lowest BCUT2D eigenvalue weighted by Crippen LogP contribution is -2.07. The molecule has 1 aromatic carbocycles. The first-order valence-corrected chi connectivity index (χ1v) is 11.9. The predicted octanol–water partition coefficient (Wildman–Crippen LogP) is 7.39. The van der Waals surface area contributed by atoms with Crippen LogP contribution in [0.15, 0.2) is 18.2 Å². The summed E-state index contributed by atoms with van der Waals surface area (Å²) in [5.74, 6) is -0.392. The molecule has 0 radical (unpaired) electrons. The van der Waals surface area contributed by atoms with E-state index in [1.54, 1.807) is 0 Å². The predicted molar refractivity (Wildman–Crippen MR) is 122 cm³/mol. The molecule has 4 nitrogen and oxygen atoms in total. The van der Waals surface area contributed by atoms with Gasteiger partial charge in [0.25, 0.3) is 0 Å². The molecule has 166 valence electrons. The fraction of sp³-hybridized carbons (Fsp3) is 0.720. The number of hydrogen-bond acceptors (Lipinski definition) is 4. The van der Waals surface area contributed by atoms with Crippen molar-refractivity contribution in [1.29, 1.82) is 0 Å². The van der Waals surface area contributed by atoms with Crippen LogP contribution in [0.5, 0.6) is 5.75 Å². The third-order valence-corrected chi connectivity index (χ3v) is 5.49. The Labute approximate surface area is 178 Å². The molecule has 0 spiro atoms. The minimum absolute atomic E-state index is 0.0145. The molecule has 3 N–H and O–H groups in total. The number of anilines is 1. The van der Waals surface area contributed by atoms with Crippen LogP contribution in [-0.4, -0.2) is 17.7 Å². The molecule has 0 heterocycles. The fourth-order valence-electron chi connectivity index (χ4n) is 3.58. The van der Waals surface area contributed by atoms with Gasteiger partial charge in [-0.3, -0.25) is 0 Å². The molecule has 0 aliphatic rings.